The van der Waals surface area contributed by atoms with Crippen molar-refractivity contribution in [3.05, 3.63) is 65.2 Å². The molecule has 438 valence electrons. The van der Waals surface area contributed by atoms with Crippen molar-refractivity contribution >= 4 is 68.9 Å². The van der Waals surface area contributed by atoms with Crippen LogP contribution in [0.15, 0.2) is 48.6 Å². The van der Waals surface area contributed by atoms with Gasteiger partial charge in [0.25, 0.3) is 12.4 Å². The topological polar surface area (TPSA) is 275 Å². The number of aliphatic hydroxyl groups excluding tert-OH is 1. The molecule has 1 spiro atoms. The molecule has 9 rings (SSSR count). The number of methoxy groups -OCH3 is 1. The molecule has 7 aliphatic rings. The maximum Gasteiger partial charge on any atom is 0.426 e. The van der Waals surface area contributed by atoms with E-state index in [0.717, 1.165) is 36.3 Å². The number of piperidine rings is 1. The van der Waals surface area contributed by atoms with Gasteiger partial charge in [-0.1, -0.05) is 72.7 Å². The molecule has 1 aliphatic carbocycles. The van der Waals surface area contributed by atoms with Crippen LogP contribution in [-0.2, 0) is 44.3 Å². The first-order chi connectivity index (χ1) is 38.3. The number of hydrogen-bond acceptors (Lipinski definition) is 19. The second kappa shape index (κ2) is 24.1. The predicted molar refractivity (Wildman–Crippen MR) is 306 cm³/mol. The Balaban J connectivity index is 0.964. The van der Waals surface area contributed by atoms with Crippen molar-refractivity contribution < 1.29 is 58.3 Å². The van der Waals surface area contributed by atoms with Crippen LogP contribution in [0.3, 0.4) is 0 Å². The number of ether oxygens (including phenoxy) is 3. The summed E-state index contributed by atoms with van der Waals surface area (Å²) in [5.74, 6) is -0.776. The number of nitrogens with two attached hydrogens (primary N) is 1. The molecule has 0 aromatic heterocycles. The summed E-state index contributed by atoms with van der Waals surface area (Å²) in [7, 11) is 6.36. The van der Waals surface area contributed by atoms with Gasteiger partial charge in [0.05, 0.1) is 30.2 Å². The minimum Gasteiger partial charge on any atom is -0.496 e. The van der Waals surface area contributed by atoms with Crippen LogP contribution in [0.1, 0.15) is 108 Å². The summed E-state index contributed by atoms with van der Waals surface area (Å²) in [5.41, 5.74) is 8.69. The van der Waals surface area contributed by atoms with Crippen LogP contribution in [0.4, 0.5) is 16.2 Å². The summed E-state index contributed by atoms with van der Waals surface area (Å²) in [6.07, 6.45) is 5.53. The number of hydrogen-bond donors (Lipinski definition) is 8. The van der Waals surface area contributed by atoms with Gasteiger partial charge in [-0.05, 0) is 94.1 Å². The Bertz CT molecular complexity index is 2710. The number of hydrazine groups is 1. The maximum absolute atomic E-state index is 15.1. The molecule has 3 saturated heterocycles. The standard InChI is InChI=1S/C58H82N8O12S2/c1-7-54(74)28-37-29-56(33-77-34-67,47-39(16-20-65(31-37)32-54)38-13-9-10-14-42(38)60-47)41-26-40-44(27-46(41)76-6)64(5)50-57(40)18-21-66-19-12-17-55(8-2,49(57)66)51(71)58(50,75)52(72)62-63-53(73)78-22-24-80-79-23-11-15-45(69)43(30-59)61-48(70)35(3)25-36(4)68/h9-10,12-14,17,26-27,34-35,37,39,43,47,49-51,60,71,74-75H,7-8,11,15-16,18-25,28-33,59H2,1-6H3,(H,61,70)(H,62,72)(H,63,73)/t35-,37?,39?,43+,47?,49+,50-,51-,54?,55-,56+,57?,58+/m1/s1. The second-order valence-corrected chi connectivity index (χ2v) is 26.4. The van der Waals surface area contributed by atoms with Gasteiger partial charge in [-0.2, -0.15) is 0 Å². The number of nitrogens with zero attached hydrogens (tertiary/aromatic N) is 3. The van der Waals surface area contributed by atoms with Crippen molar-refractivity contribution in [3.63, 3.8) is 0 Å². The molecular weight excluding hydrogens is 1060 g/mol. The number of carbonyl (C=O) groups is 6. The molecule has 3 amide bonds. The second-order valence-electron chi connectivity index (χ2n) is 23.7. The van der Waals surface area contributed by atoms with E-state index in [2.05, 4.69) is 55.6 Å². The molecule has 14 atom stereocenters. The summed E-state index contributed by atoms with van der Waals surface area (Å²) in [6.45, 7) is 10.8. The van der Waals surface area contributed by atoms with Gasteiger partial charge in [0.2, 0.25) is 5.91 Å². The van der Waals surface area contributed by atoms with Gasteiger partial charge < -0.3 is 60.5 Å². The summed E-state index contributed by atoms with van der Waals surface area (Å²) < 4.78 is 17.9. The first-order valence-electron chi connectivity index (χ1n) is 28.4. The highest BCUT2D eigenvalue weighted by atomic mass is 33.1. The Labute approximate surface area is 477 Å². The van der Waals surface area contributed by atoms with Gasteiger partial charge in [-0.15, -0.1) is 0 Å². The first kappa shape index (κ1) is 59.7. The number of Topliss-reactive ketones (excluding diaryl/α,β-unsaturated/α-hetero) is 2. The van der Waals surface area contributed by atoms with Crippen LogP contribution in [0.25, 0.3) is 0 Å². The average Bonchev–Trinajstić information content (AvgIpc) is 3.90. The number of benzene rings is 2. The average molecular weight is 1150 g/mol. The number of rotatable bonds is 22. The van der Waals surface area contributed by atoms with Crippen LogP contribution in [0.2, 0.25) is 0 Å². The molecule has 2 aromatic carbocycles. The minimum atomic E-state index is -2.53. The largest absolute Gasteiger partial charge is 0.496 e. The van der Waals surface area contributed by atoms with E-state index in [4.69, 9.17) is 19.9 Å². The number of aliphatic hydroxyl groups is 3. The molecule has 2 aromatic rings. The molecule has 22 heteroatoms. The number of ketones is 2. The third-order valence-electron chi connectivity index (χ3n) is 19.1. The molecule has 20 nitrogen and oxygen atoms in total. The number of fused-ring (bicyclic) bond motifs is 6. The predicted octanol–water partition coefficient (Wildman–Crippen LogP) is 3.69. The Morgan fingerprint density at radius 1 is 1.01 bits per heavy atom. The minimum absolute atomic E-state index is 0.00295. The Morgan fingerprint density at radius 3 is 2.51 bits per heavy atom. The van der Waals surface area contributed by atoms with Gasteiger partial charge in [0, 0.05) is 115 Å². The summed E-state index contributed by atoms with van der Waals surface area (Å²) >= 11 is 0. The number of carbonyl (C=O) groups excluding carboxylic acids is 6. The highest BCUT2D eigenvalue weighted by Crippen LogP contribution is 2.68. The number of nitrogens with one attached hydrogen (secondary N) is 4. The molecule has 9 N–H and O–H groups in total. The van der Waals surface area contributed by atoms with Crippen molar-refractivity contribution in [2.45, 2.75) is 144 Å². The summed E-state index contributed by atoms with van der Waals surface area (Å²) in [4.78, 5) is 84.2. The fraction of sp³-hybridized carbons (Fsp3) is 0.655. The zero-order valence-corrected chi connectivity index (χ0v) is 48.6. The van der Waals surface area contributed by atoms with Crippen LogP contribution in [0.5, 0.6) is 5.75 Å². The zero-order valence-electron chi connectivity index (χ0n) is 47.0. The fourth-order valence-electron chi connectivity index (χ4n) is 15.8. The number of likely N-dealkylation sites (N-methyl/N-ethyl adjacent to an activating group) is 1. The number of amides is 3. The van der Waals surface area contributed by atoms with E-state index in [-0.39, 0.29) is 68.1 Å². The summed E-state index contributed by atoms with van der Waals surface area (Å²) in [6, 6.07) is 9.96. The van der Waals surface area contributed by atoms with E-state index < -0.39 is 69.5 Å². The van der Waals surface area contributed by atoms with E-state index in [1.165, 1.54) is 34.1 Å². The van der Waals surface area contributed by atoms with E-state index in [1.807, 2.05) is 50.1 Å². The van der Waals surface area contributed by atoms with Crippen LogP contribution < -0.4 is 36.9 Å². The molecule has 80 heavy (non-hydrogen) atoms. The fourth-order valence-corrected chi connectivity index (χ4v) is 17.7. The lowest BCUT2D eigenvalue weighted by molar-refractivity contribution is -0.204. The van der Waals surface area contributed by atoms with Gasteiger partial charge >= 0.3 is 6.09 Å². The van der Waals surface area contributed by atoms with Crippen molar-refractivity contribution in [1.82, 2.24) is 26.0 Å². The van der Waals surface area contributed by atoms with E-state index in [1.54, 1.807) is 14.0 Å². The molecule has 1 saturated carbocycles. The van der Waals surface area contributed by atoms with E-state index >= 15 is 4.79 Å². The van der Waals surface area contributed by atoms with Crippen molar-refractivity contribution in [2.24, 2.45) is 23.0 Å². The van der Waals surface area contributed by atoms with Crippen LogP contribution in [-0.4, -0.2) is 181 Å². The number of para-hydroxylation sites is 1. The third-order valence-corrected chi connectivity index (χ3v) is 21.6. The van der Waals surface area contributed by atoms with E-state index in [9.17, 15) is 39.3 Å². The normalized spacial score (nSPS) is 33.3. The molecule has 6 unspecified atom stereocenters. The van der Waals surface area contributed by atoms with Crippen molar-refractivity contribution in [2.75, 3.05) is 88.4 Å². The van der Waals surface area contributed by atoms with Crippen molar-refractivity contribution in [1.29, 1.82) is 0 Å². The molecule has 0 radical (unpaired) electrons. The Kier molecular flexibility index (Phi) is 18.0. The van der Waals surface area contributed by atoms with Crippen LogP contribution >= 0.6 is 21.6 Å². The highest BCUT2D eigenvalue weighted by molar-refractivity contribution is 8.76. The smallest absolute Gasteiger partial charge is 0.426 e. The highest BCUT2D eigenvalue weighted by Gasteiger charge is 2.79. The number of anilines is 2. The van der Waals surface area contributed by atoms with E-state index in [0.29, 0.717) is 87.6 Å². The molecule has 6 aliphatic heterocycles. The van der Waals surface area contributed by atoms with Gasteiger partial charge in [0.1, 0.15) is 30.9 Å². The van der Waals surface area contributed by atoms with Crippen LogP contribution in [0, 0.1) is 17.3 Å². The molecule has 4 fully saturated rings. The summed E-state index contributed by atoms with van der Waals surface area (Å²) in [5, 5.41) is 45.2. The Hall–Kier alpha value is -4.94. The van der Waals surface area contributed by atoms with Gasteiger partial charge in [0.15, 0.2) is 11.4 Å². The third kappa shape index (κ3) is 10.5. The first-order valence-corrected chi connectivity index (χ1v) is 30.9. The van der Waals surface area contributed by atoms with Gasteiger partial charge in [-0.3, -0.25) is 29.5 Å². The Morgan fingerprint density at radius 2 is 1.79 bits per heavy atom. The lowest BCUT2D eigenvalue weighted by Crippen LogP contribution is -2.82. The lowest BCUT2D eigenvalue weighted by Gasteiger charge is -2.63. The monoisotopic (exact) mass is 1150 g/mol. The lowest BCUT2D eigenvalue weighted by atomic mass is 9.47. The molecular formula is C58H82N8O12S2. The van der Waals surface area contributed by atoms with Gasteiger partial charge in [-0.25, -0.2) is 10.2 Å². The zero-order chi connectivity index (χ0) is 57.4. The quantitative estimate of drug-likeness (QED) is 0.0275. The van der Waals surface area contributed by atoms with Crippen molar-refractivity contribution in [3.8, 4) is 5.75 Å². The molecule has 6 heterocycles. The SMILES string of the molecule is CCC1(O)CC2CN(CCC3c4ccccc4NC3[C@@](COC=O)(c3cc4c(cc3OC)N(C)[C@@H]3C45CCN4CC=C[C@](CC)([C@H]45)[C@@H](O)[C@]3(O)C(=O)NNC(=O)OCCSSCCCC(=O)[C@H](CN)NC(=O)[C@H](C)CC(C)=O)C2)C1. The molecule has 2 bridgehead atoms. The maximum atomic E-state index is 15.1.